The number of ether oxygens (including phenoxy) is 3. The second kappa shape index (κ2) is 12.8. The Labute approximate surface area is 162 Å². The summed E-state index contributed by atoms with van der Waals surface area (Å²) in [4.78, 5) is 11.2. The Morgan fingerprint density at radius 3 is 2.11 bits per heavy atom. The highest BCUT2D eigenvalue weighted by molar-refractivity contribution is 5.69. The molecule has 0 aromatic heterocycles. The molecule has 0 atom stereocenters. The summed E-state index contributed by atoms with van der Waals surface area (Å²) in [6.07, 6.45) is 5.75. The summed E-state index contributed by atoms with van der Waals surface area (Å²) in [5, 5.41) is 0. The Balaban J connectivity index is 1.52. The van der Waals surface area contributed by atoms with Crippen LogP contribution in [0.3, 0.4) is 0 Å². The van der Waals surface area contributed by atoms with Crippen LogP contribution in [-0.4, -0.2) is 19.2 Å². The number of hydrogen-bond donors (Lipinski definition) is 0. The highest BCUT2D eigenvalue weighted by Crippen LogP contribution is 2.19. The normalized spacial score (nSPS) is 10.4. The number of hydrogen-bond acceptors (Lipinski definition) is 4. The van der Waals surface area contributed by atoms with Gasteiger partial charge in [-0.3, -0.25) is 4.79 Å². The molecule has 2 aromatic rings. The van der Waals surface area contributed by atoms with Crippen molar-refractivity contribution in [1.82, 2.24) is 0 Å². The summed E-state index contributed by atoms with van der Waals surface area (Å²) < 4.78 is 16.5. The number of esters is 1. The van der Waals surface area contributed by atoms with Gasteiger partial charge in [0.2, 0.25) is 0 Å². The van der Waals surface area contributed by atoms with Crippen LogP contribution in [0.25, 0.3) is 0 Å². The molecule has 0 aliphatic carbocycles. The van der Waals surface area contributed by atoms with Crippen molar-refractivity contribution in [3.05, 3.63) is 60.2 Å². The van der Waals surface area contributed by atoms with E-state index in [1.54, 1.807) is 0 Å². The van der Waals surface area contributed by atoms with Gasteiger partial charge in [0.25, 0.3) is 0 Å². The third-order valence-corrected chi connectivity index (χ3v) is 4.17. The molecular weight excluding hydrogens is 340 g/mol. The molecule has 0 aliphatic rings. The summed E-state index contributed by atoms with van der Waals surface area (Å²) >= 11 is 0. The Morgan fingerprint density at radius 2 is 1.41 bits per heavy atom. The van der Waals surface area contributed by atoms with Crippen LogP contribution in [0.15, 0.2) is 54.6 Å². The van der Waals surface area contributed by atoms with Crippen LogP contribution in [0, 0.1) is 0 Å². The maximum atomic E-state index is 11.2. The summed E-state index contributed by atoms with van der Waals surface area (Å²) in [6.45, 7) is 3.58. The highest BCUT2D eigenvalue weighted by atomic mass is 16.5. The van der Waals surface area contributed by atoms with Gasteiger partial charge in [0.05, 0.1) is 13.2 Å². The molecule has 0 unspecified atom stereocenters. The van der Waals surface area contributed by atoms with E-state index in [-0.39, 0.29) is 5.97 Å². The van der Waals surface area contributed by atoms with Crippen molar-refractivity contribution in [3.63, 3.8) is 0 Å². The fourth-order valence-corrected chi connectivity index (χ4v) is 2.70. The van der Waals surface area contributed by atoms with Crippen molar-refractivity contribution < 1.29 is 19.0 Å². The number of carbonyl (C=O) groups excluding carboxylic acids is 1. The van der Waals surface area contributed by atoms with Crippen molar-refractivity contribution in [2.45, 2.75) is 52.1 Å². The molecule has 0 saturated heterocycles. The van der Waals surface area contributed by atoms with Crippen molar-refractivity contribution in [1.29, 1.82) is 0 Å². The van der Waals surface area contributed by atoms with Crippen LogP contribution < -0.4 is 9.47 Å². The van der Waals surface area contributed by atoms with Crippen LogP contribution in [0.4, 0.5) is 0 Å². The third-order valence-electron chi connectivity index (χ3n) is 4.17. The van der Waals surface area contributed by atoms with E-state index in [9.17, 15) is 4.79 Å². The van der Waals surface area contributed by atoms with Crippen molar-refractivity contribution in [2.75, 3.05) is 13.2 Å². The lowest BCUT2D eigenvalue weighted by Crippen LogP contribution is -2.03. The molecule has 0 spiro atoms. The zero-order valence-electron chi connectivity index (χ0n) is 16.2. The molecule has 2 rings (SSSR count). The SMILES string of the molecule is CCOC(=O)CCCCCCCOc1ccc(OCc2ccccc2)cc1. The van der Waals surface area contributed by atoms with Gasteiger partial charge < -0.3 is 14.2 Å². The standard InChI is InChI=1S/C23H30O4/c1-2-25-23(24)13-9-4-3-5-10-18-26-21-14-16-22(17-15-21)27-19-20-11-7-6-8-12-20/h6-8,11-12,14-17H,2-5,9-10,13,18-19H2,1H3. The van der Waals surface area contributed by atoms with Gasteiger partial charge in [0.1, 0.15) is 18.1 Å². The van der Waals surface area contributed by atoms with Crippen molar-refractivity contribution >= 4 is 5.97 Å². The summed E-state index contributed by atoms with van der Waals surface area (Å²) in [5.41, 5.74) is 1.15. The van der Waals surface area contributed by atoms with Crippen LogP contribution in [0.1, 0.15) is 51.0 Å². The fourth-order valence-electron chi connectivity index (χ4n) is 2.70. The lowest BCUT2D eigenvalue weighted by atomic mass is 10.1. The quantitative estimate of drug-likeness (QED) is 0.343. The Morgan fingerprint density at radius 1 is 0.778 bits per heavy atom. The van der Waals surface area contributed by atoms with Gasteiger partial charge in [-0.25, -0.2) is 0 Å². The largest absolute Gasteiger partial charge is 0.494 e. The lowest BCUT2D eigenvalue weighted by Gasteiger charge is -2.09. The van der Waals surface area contributed by atoms with E-state index in [4.69, 9.17) is 14.2 Å². The smallest absolute Gasteiger partial charge is 0.305 e. The minimum absolute atomic E-state index is 0.0861. The first-order valence-corrected chi connectivity index (χ1v) is 9.83. The van der Waals surface area contributed by atoms with E-state index < -0.39 is 0 Å². The van der Waals surface area contributed by atoms with E-state index in [1.807, 2.05) is 61.5 Å². The molecule has 0 N–H and O–H groups in total. The first-order chi connectivity index (χ1) is 13.3. The molecule has 0 fully saturated rings. The predicted molar refractivity (Wildman–Crippen MR) is 107 cm³/mol. The number of rotatable bonds is 13. The molecule has 2 aromatic carbocycles. The maximum Gasteiger partial charge on any atom is 0.305 e. The van der Waals surface area contributed by atoms with Crippen LogP contribution in [0.5, 0.6) is 11.5 Å². The van der Waals surface area contributed by atoms with Crippen LogP contribution >= 0.6 is 0 Å². The van der Waals surface area contributed by atoms with E-state index in [0.29, 0.717) is 26.2 Å². The third kappa shape index (κ3) is 9.13. The van der Waals surface area contributed by atoms with Gasteiger partial charge in [-0.05, 0) is 49.6 Å². The van der Waals surface area contributed by atoms with Crippen LogP contribution in [-0.2, 0) is 16.1 Å². The van der Waals surface area contributed by atoms with Gasteiger partial charge >= 0.3 is 5.97 Å². The summed E-state index contributed by atoms with van der Waals surface area (Å²) in [7, 11) is 0. The number of unbranched alkanes of at least 4 members (excludes halogenated alkanes) is 4. The molecule has 0 saturated carbocycles. The second-order valence-electron chi connectivity index (χ2n) is 6.42. The molecule has 4 nitrogen and oxygen atoms in total. The van der Waals surface area contributed by atoms with E-state index in [2.05, 4.69) is 0 Å². The van der Waals surface area contributed by atoms with Crippen LogP contribution in [0.2, 0.25) is 0 Å². The zero-order valence-corrected chi connectivity index (χ0v) is 16.2. The molecule has 0 aliphatic heterocycles. The van der Waals surface area contributed by atoms with E-state index in [0.717, 1.165) is 49.2 Å². The summed E-state index contributed by atoms with van der Waals surface area (Å²) in [5.74, 6) is 1.62. The highest BCUT2D eigenvalue weighted by Gasteiger charge is 2.01. The average Bonchev–Trinajstić information content (AvgIpc) is 2.70. The van der Waals surface area contributed by atoms with Gasteiger partial charge in [0.15, 0.2) is 0 Å². The van der Waals surface area contributed by atoms with E-state index in [1.165, 1.54) is 0 Å². The zero-order chi connectivity index (χ0) is 19.2. The van der Waals surface area contributed by atoms with Gasteiger partial charge in [0, 0.05) is 6.42 Å². The monoisotopic (exact) mass is 370 g/mol. The Hall–Kier alpha value is -2.49. The molecule has 27 heavy (non-hydrogen) atoms. The fraction of sp³-hybridized carbons (Fsp3) is 0.435. The van der Waals surface area contributed by atoms with Crippen molar-refractivity contribution in [3.8, 4) is 11.5 Å². The maximum absolute atomic E-state index is 11.2. The number of benzene rings is 2. The molecule has 0 amide bonds. The first-order valence-electron chi connectivity index (χ1n) is 9.83. The van der Waals surface area contributed by atoms with Gasteiger partial charge in [-0.1, -0.05) is 49.6 Å². The molecule has 4 heteroatoms. The second-order valence-corrected chi connectivity index (χ2v) is 6.42. The van der Waals surface area contributed by atoms with Crippen molar-refractivity contribution in [2.24, 2.45) is 0 Å². The lowest BCUT2D eigenvalue weighted by molar-refractivity contribution is -0.143. The van der Waals surface area contributed by atoms with Gasteiger partial charge in [-0.2, -0.15) is 0 Å². The topological polar surface area (TPSA) is 44.8 Å². The first kappa shape index (κ1) is 20.8. The minimum atomic E-state index is -0.0861. The number of carbonyl (C=O) groups is 1. The Kier molecular flexibility index (Phi) is 9.87. The predicted octanol–water partition coefficient (Wildman–Crippen LogP) is 5.55. The Bertz CT molecular complexity index is 637. The van der Waals surface area contributed by atoms with Gasteiger partial charge in [-0.15, -0.1) is 0 Å². The van der Waals surface area contributed by atoms with E-state index >= 15 is 0 Å². The minimum Gasteiger partial charge on any atom is -0.494 e. The molecule has 0 bridgehead atoms. The molecule has 0 heterocycles. The summed E-state index contributed by atoms with van der Waals surface area (Å²) in [6, 6.07) is 17.9. The molecular formula is C23H30O4. The molecule has 0 radical (unpaired) electrons. The average molecular weight is 370 g/mol. The molecule has 146 valence electrons.